The molecular weight excluding hydrogens is 236 g/mol. The maximum absolute atomic E-state index is 11.5. The average Bonchev–Trinajstić information content (AvgIpc) is 2.96. The van der Waals surface area contributed by atoms with E-state index in [9.17, 15) is 9.59 Å². The van der Waals surface area contributed by atoms with Gasteiger partial charge in [0.2, 0.25) is 0 Å². The van der Waals surface area contributed by atoms with Gasteiger partial charge in [0, 0.05) is 12.7 Å². The molecular formula is C11H16N4O3. The number of hydrogen-bond acceptors (Lipinski definition) is 3. The number of hydrogen-bond donors (Lipinski definition) is 4. The number of carbonyl (C=O) groups is 2. The first-order chi connectivity index (χ1) is 8.66. The van der Waals surface area contributed by atoms with Crippen LogP contribution in [0.3, 0.4) is 0 Å². The molecule has 1 aliphatic rings. The highest BCUT2D eigenvalue weighted by Crippen LogP contribution is 2.31. The molecule has 1 aromatic rings. The molecule has 1 fully saturated rings. The number of nitrogens with one attached hydrogen (secondary N) is 3. The summed E-state index contributed by atoms with van der Waals surface area (Å²) in [5, 5.41) is 20.6. The van der Waals surface area contributed by atoms with Gasteiger partial charge >= 0.3 is 12.0 Å². The molecule has 18 heavy (non-hydrogen) atoms. The summed E-state index contributed by atoms with van der Waals surface area (Å²) in [5.41, 5.74) is 0.578. The molecule has 1 heterocycles. The average molecular weight is 252 g/mol. The van der Waals surface area contributed by atoms with Crippen molar-refractivity contribution in [2.24, 2.45) is 11.8 Å². The topological polar surface area (TPSA) is 107 Å². The molecule has 2 unspecified atom stereocenters. The van der Waals surface area contributed by atoms with Gasteiger partial charge in [-0.05, 0) is 18.8 Å². The normalized spacial score (nSPS) is 22.7. The third kappa shape index (κ3) is 2.99. The zero-order chi connectivity index (χ0) is 13.0. The highest BCUT2D eigenvalue weighted by atomic mass is 16.4. The molecule has 98 valence electrons. The summed E-state index contributed by atoms with van der Waals surface area (Å²) in [4.78, 5) is 22.5. The Labute approximate surface area is 104 Å². The number of anilines is 1. The van der Waals surface area contributed by atoms with E-state index in [2.05, 4.69) is 20.8 Å². The SMILES string of the molecule is O=C(NCC1CCCC1C(=O)O)Nc1cn[nH]c1. The van der Waals surface area contributed by atoms with Gasteiger partial charge in [0.05, 0.1) is 17.8 Å². The van der Waals surface area contributed by atoms with Crippen LogP contribution >= 0.6 is 0 Å². The fourth-order valence-corrected chi connectivity index (χ4v) is 2.32. The summed E-state index contributed by atoms with van der Waals surface area (Å²) in [6.45, 7) is 0.390. The summed E-state index contributed by atoms with van der Waals surface area (Å²) >= 11 is 0. The van der Waals surface area contributed by atoms with E-state index >= 15 is 0 Å². The minimum absolute atomic E-state index is 0.0256. The Balaban J connectivity index is 1.77. The van der Waals surface area contributed by atoms with Crippen LogP contribution in [0.25, 0.3) is 0 Å². The lowest BCUT2D eigenvalue weighted by Crippen LogP contribution is -2.35. The second-order valence-corrected chi connectivity index (χ2v) is 4.46. The molecule has 2 rings (SSSR count). The Bertz CT molecular complexity index is 418. The van der Waals surface area contributed by atoms with Gasteiger partial charge in [-0.3, -0.25) is 9.89 Å². The first-order valence-electron chi connectivity index (χ1n) is 5.93. The number of aromatic nitrogens is 2. The zero-order valence-corrected chi connectivity index (χ0v) is 9.85. The van der Waals surface area contributed by atoms with E-state index in [0.29, 0.717) is 18.7 Å². The summed E-state index contributed by atoms with van der Waals surface area (Å²) in [5.74, 6) is -1.08. The first-order valence-corrected chi connectivity index (χ1v) is 5.93. The second-order valence-electron chi connectivity index (χ2n) is 4.46. The van der Waals surface area contributed by atoms with Crippen molar-refractivity contribution in [3.8, 4) is 0 Å². The lowest BCUT2D eigenvalue weighted by molar-refractivity contribution is -0.142. The summed E-state index contributed by atoms with van der Waals surface area (Å²) < 4.78 is 0. The van der Waals surface area contributed by atoms with Crippen molar-refractivity contribution in [3.63, 3.8) is 0 Å². The molecule has 0 spiro atoms. The number of carbonyl (C=O) groups excluding carboxylic acids is 1. The smallest absolute Gasteiger partial charge is 0.319 e. The molecule has 2 amide bonds. The zero-order valence-electron chi connectivity index (χ0n) is 9.85. The maximum Gasteiger partial charge on any atom is 0.319 e. The lowest BCUT2D eigenvalue weighted by Gasteiger charge is -2.16. The summed E-state index contributed by atoms with van der Waals surface area (Å²) in [6.07, 6.45) is 5.52. The van der Waals surface area contributed by atoms with Crippen LogP contribution in [0.2, 0.25) is 0 Å². The van der Waals surface area contributed by atoms with E-state index in [1.165, 1.54) is 6.20 Å². The minimum atomic E-state index is -0.769. The fourth-order valence-electron chi connectivity index (χ4n) is 2.32. The molecule has 7 nitrogen and oxygen atoms in total. The van der Waals surface area contributed by atoms with Crippen LogP contribution in [0.5, 0.6) is 0 Å². The van der Waals surface area contributed by atoms with Gasteiger partial charge in [0.15, 0.2) is 0 Å². The van der Waals surface area contributed by atoms with Gasteiger partial charge < -0.3 is 15.7 Å². The molecule has 0 saturated heterocycles. The van der Waals surface area contributed by atoms with E-state index in [-0.39, 0.29) is 17.9 Å². The number of aromatic amines is 1. The van der Waals surface area contributed by atoms with E-state index in [1.807, 2.05) is 0 Å². The van der Waals surface area contributed by atoms with Crippen LogP contribution in [0.15, 0.2) is 12.4 Å². The first kappa shape index (κ1) is 12.4. The van der Waals surface area contributed by atoms with Gasteiger partial charge in [-0.1, -0.05) is 6.42 Å². The van der Waals surface area contributed by atoms with Crippen molar-refractivity contribution in [3.05, 3.63) is 12.4 Å². The largest absolute Gasteiger partial charge is 0.481 e. The monoisotopic (exact) mass is 252 g/mol. The van der Waals surface area contributed by atoms with Crippen LogP contribution in [-0.4, -0.2) is 33.8 Å². The van der Waals surface area contributed by atoms with Gasteiger partial charge in [0.1, 0.15) is 0 Å². The Kier molecular flexibility index (Phi) is 3.81. The van der Waals surface area contributed by atoms with Crippen molar-refractivity contribution in [2.45, 2.75) is 19.3 Å². The predicted octanol–water partition coefficient (Wildman–Crippen LogP) is 1.03. The van der Waals surface area contributed by atoms with Crippen molar-refractivity contribution in [1.82, 2.24) is 15.5 Å². The van der Waals surface area contributed by atoms with E-state index in [1.54, 1.807) is 6.20 Å². The summed E-state index contributed by atoms with van der Waals surface area (Å²) in [6, 6.07) is -0.340. The summed E-state index contributed by atoms with van der Waals surface area (Å²) in [7, 11) is 0. The van der Waals surface area contributed by atoms with E-state index < -0.39 is 5.97 Å². The third-order valence-corrected chi connectivity index (χ3v) is 3.26. The van der Waals surface area contributed by atoms with Crippen molar-refractivity contribution < 1.29 is 14.7 Å². The van der Waals surface area contributed by atoms with E-state index in [0.717, 1.165) is 12.8 Å². The second kappa shape index (κ2) is 5.52. The van der Waals surface area contributed by atoms with Gasteiger partial charge in [-0.15, -0.1) is 0 Å². The standard InChI is InChI=1S/C11H16N4O3/c16-10(17)9-3-1-2-7(9)4-12-11(18)15-8-5-13-14-6-8/h5-7,9H,1-4H2,(H,13,14)(H,16,17)(H2,12,15,18). The maximum atomic E-state index is 11.5. The van der Waals surface area contributed by atoms with E-state index in [4.69, 9.17) is 5.11 Å². The van der Waals surface area contributed by atoms with Crippen LogP contribution in [0.1, 0.15) is 19.3 Å². The van der Waals surface area contributed by atoms with Crippen molar-refractivity contribution in [1.29, 1.82) is 0 Å². The number of urea groups is 1. The Morgan fingerprint density at radius 1 is 1.50 bits per heavy atom. The highest BCUT2D eigenvalue weighted by Gasteiger charge is 2.32. The molecule has 0 aromatic carbocycles. The highest BCUT2D eigenvalue weighted by molar-refractivity contribution is 5.88. The number of carboxylic acids is 1. The Hall–Kier alpha value is -2.05. The molecule has 0 radical (unpaired) electrons. The molecule has 7 heteroatoms. The van der Waals surface area contributed by atoms with Gasteiger partial charge in [-0.25, -0.2) is 4.79 Å². The number of carboxylic acid groups (broad SMARTS) is 1. The molecule has 0 bridgehead atoms. The number of amides is 2. The predicted molar refractivity (Wildman–Crippen MR) is 64.1 cm³/mol. The number of H-pyrrole nitrogens is 1. The fraction of sp³-hybridized carbons (Fsp3) is 0.545. The van der Waals surface area contributed by atoms with Crippen LogP contribution in [0, 0.1) is 11.8 Å². The quantitative estimate of drug-likeness (QED) is 0.642. The molecule has 1 aliphatic carbocycles. The Morgan fingerprint density at radius 2 is 2.33 bits per heavy atom. The Morgan fingerprint density at radius 3 is 3.00 bits per heavy atom. The van der Waals surface area contributed by atoms with Crippen LogP contribution in [0.4, 0.5) is 10.5 Å². The van der Waals surface area contributed by atoms with Crippen molar-refractivity contribution in [2.75, 3.05) is 11.9 Å². The lowest BCUT2D eigenvalue weighted by atomic mass is 9.96. The molecule has 1 aromatic heterocycles. The number of rotatable bonds is 4. The minimum Gasteiger partial charge on any atom is -0.481 e. The van der Waals surface area contributed by atoms with Crippen LogP contribution in [-0.2, 0) is 4.79 Å². The number of nitrogens with zero attached hydrogens (tertiary/aromatic N) is 1. The van der Waals surface area contributed by atoms with Crippen molar-refractivity contribution >= 4 is 17.7 Å². The molecule has 1 saturated carbocycles. The number of aliphatic carboxylic acids is 1. The van der Waals surface area contributed by atoms with Crippen LogP contribution < -0.4 is 10.6 Å². The molecule has 4 N–H and O–H groups in total. The molecule has 2 atom stereocenters. The van der Waals surface area contributed by atoms with Gasteiger partial charge in [-0.2, -0.15) is 5.10 Å². The third-order valence-electron chi connectivity index (χ3n) is 3.26. The van der Waals surface area contributed by atoms with Gasteiger partial charge in [0.25, 0.3) is 0 Å². The molecule has 0 aliphatic heterocycles.